The van der Waals surface area contributed by atoms with Crippen LogP contribution in [0.3, 0.4) is 0 Å². The molecule has 1 saturated heterocycles. The van der Waals surface area contributed by atoms with E-state index in [2.05, 4.69) is 25.8 Å². The highest BCUT2D eigenvalue weighted by molar-refractivity contribution is 5.92. The zero-order valence-electron chi connectivity index (χ0n) is 13.1. The van der Waals surface area contributed by atoms with Crippen molar-refractivity contribution in [3.05, 3.63) is 0 Å². The van der Waals surface area contributed by atoms with Crippen LogP contribution in [-0.4, -0.2) is 59.5 Å². The third-order valence-corrected chi connectivity index (χ3v) is 5.03. The van der Waals surface area contributed by atoms with Crippen LogP contribution in [0.2, 0.25) is 0 Å². The van der Waals surface area contributed by atoms with E-state index in [0.717, 1.165) is 13.1 Å². The number of rotatable bonds is 3. The normalized spacial score (nSPS) is 33.3. The van der Waals surface area contributed by atoms with E-state index >= 15 is 0 Å². The van der Waals surface area contributed by atoms with Crippen LogP contribution in [0.25, 0.3) is 0 Å². The smallest absolute Gasteiger partial charge is 0.307 e. The van der Waals surface area contributed by atoms with Gasteiger partial charge in [-0.05, 0) is 18.4 Å². The molecule has 20 heavy (non-hydrogen) atoms. The quantitative estimate of drug-likeness (QED) is 0.843. The van der Waals surface area contributed by atoms with Gasteiger partial charge in [-0.2, -0.15) is 0 Å². The van der Waals surface area contributed by atoms with Crippen molar-refractivity contribution < 1.29 is 14.7 Å². The maximum atomic E-state index is 12.8. The lowest BCUT2D eigenvalue weighted by atomic mass is 9.98. The Bertz CT molecular complexity index is 419. The molecule has 1 heterocycles. The molecule has 1 saturated carbocycles. The molecule has 5 heteroatoms. The molecule has 0 bridgehead atoms. The van der Waals surface area contributed by atoms with Crippen LogP contribution in [0.1, 0.15) is 27.7 Å². The van der Waals surface area contributed by atoms with Crippen LogP contribution in [0.15, 0.2) is 0 Å². The van der Waals surface area contributed by atoms with Crippen molar-refractivity contribution in [2.75, 3.05) is 26.7 Å². The van der Waals surface area contributed by atoms with Gasteiger partial charge in [0.05, 0.1) is 11.8 Å². The number of aliphatic carboxylic acids is 1. The van der Waals surface area contributed by atoms with Crippen LogP contribution in [0, 0.1) is 23.2 Å². The Kier molecular flexibility index (Phi) is 3.84. The molecule has 0 aromatic carbocycles. The van der Waals surface area contributed by atoms with Crippen molar-refractivity contribution >= 4 is 11.9 Å². The summed E-state index contributed by atoms with van der Waals surface area (Å²) < 4.78 is 0. The summed E-state index contributed by atoms with van der Waals surface area (Å²) in [5.74, 6) is -1.31. The molecule has 0 aromatic heterocycles. The minimum Gasteiger partial charge on any atom is -0.481 e. The molecule has 0 spiro atoms. The number of hydrogen-bond acceptors (Lipinski definition) is 3. The molecular formula is C15H26N2O3. The Morgan fingerprint density at radius 2 is 1.80 bits per heavy atom. The van der Waals surface area contributed by atoms with E-state index in [1.165, 1.54) is 0 Å². The van der Waals surface area contributed by atoms with E-state index < -0.39 is 17.3 Å². The van der Waals surface area contributed by atoms with E-state index in [9.17, 15) is 14.7 Å². The Morgan fingerprint density at radius 3 is 2.25 bits per heavy atom. The predicted molar refractivity (Wildman–Crippen MR) is 76.2 cm³/mol. The second kappa shape index (κ2) is 5.02. The molecule has 2 rings (SSSR count). The number of likely N-dealkylation sites (N-methyl/N-ethyl adjacent to an activating group) is 1. The lowest BCUT2D eigenvalue weighted by molar-refractivity contribution is -0.144. The summed E-state index contributed by atoms with van der Waals surface area (Å²) in [5.41, 5.74) is -0.409. The average Bonchev–Trinajstić information content (AvgIpc) is 2.91. The minimum absolute atomic E-state index is 0.0363. The van der Waals surface area contributed by atoms with E-state index in [1.807, 2.05) is 18.7 Å². The fourth-order valence-electron chi connectivity index (χ4n) is 3.54. The van der Waals surface area contributed by atoms with Gasteiger partial charge in [-0.25, -0.2) is 0 Å². The maximum Gasteiger partial charge on any atom is 0.307 e. The highest BCUT2D eigenvalue weighted by Crippen LogP contribution is 2.59. The van der Waals surface area contributed by atoms with Crippen molar-refractivity contribution in [2.45, 2.75) is 33.7 Å². The molecule has 0 aromatic rings. The van der Waals surface area contributed by atoms with E-state index in [1.54, 1.807) is 0 Å². The van der Waals surface area contributed by atoms with Gasteiger partial charge in [-0.3, -0.25) is 9.59 Å². The van der Waals surface area contributed by atoms with Crippen LogP contribution in [0.5, 0.6) is 0 Å². The largest absolute Gasteiger partial charge is 0.481 e. The van der Waals surface area contributed by atoms with E-state index in [4.69, 9.17) is 0 Å². The lowest BCUT2D eigenvalue weighted by Crippen LogP contribution is -2.56. The van der Waals surface area contributed by atoms with Crippen LogP contribution in [0.4, 0.5) is 0 Å². The zero-order valence-corrected chi connectivity index (χ0v) is 13.1. The first-order chi connectivity index (χ1) is 9.17. The number of hydrogen-bond donors (Lipinski definition) is 1. The van der Waals surface area contributed by atoms with Crippen LogP contribution in [-0.2, 0) is 9.59 Å². The monoisotopic (exact) mass is 282 g/mol. The number of carbonyl (C=O) groups excluding carboxylic acids is 1. The molecule has 1 aliphatic heterocycles. The molecule has 1 unspecified atom stereocenters. The average molecular weight is 282 g/mol. The number of amides is 1. The first-order valence-electron chi connectivity index (χ1n) is 7.39. The molecule has 5 nitrogen and oxygen atoms in total. The van der Waals surface area contributed by atoms with E-state index in [-0.39, 0.29) is 17.9 Å². The van der Waals surface area contributed by atoms with Gasteiger partial charge < -0.3 is 14.9 Å². The molecule has 3 atom stereocenters. The minimum atomic E-state index is -0.844. The second-order valence-corrected chi connectivity index (χ2v) is 7.22. The van der Waals surface area contributed by atoms with Crippen molar-refractivity contribution in [3.8, 4) is 0 Å². The van der Waals surface area contributed by atoms with Gasteiger partial charge in [0.2, 0.25) is 5.91 Å². The molecule has 2 aliphatic rings. The van der Waals surface area contributed by atoms with Gasteiger partial charge in [0.15, 0.2) is 0 Å². The van der Waals surface area contributed by atoms with Crippen molar-refractivity contribution in [1.82, 2.24) is 9.80 Å². The molecule has 2 fully saturated rings. The third-order valence-electron chi connectivity index (χ3n) is 5.03. The number of piperazine rings is 1. The first kappa shape index (κ1) is 15.3. The van der Waals surface area contributed by atoms with Crippen molar-refractivity contribution in [3.63, 3.8) is 0 Å². The third kappa shape index (κ3) is 2.43. The fraction of sp³-hybridized carbons (Fsp3) is 0.867. The van der Waals surface area contributed by atoms with E-state index in [0.29, 0.717) is 12.5 Å². The molecule has 1 amide bonds. The first-order valence-corrected chi connectivity index (χ1v) is 7.39. The van der Waals surface area contributed by atoms with Gasteiger partial charge in [0.1, 0.15) is 0 Å². The van der Waals surface area contributed by atoms with Crippen LogP contribution >= 0.6 is 0 Å². The summed E-state index contributed by atoms with van der Waals surface area (Å²) in [5, 5.41) is 9.24. The number of carboxylic acid groups (broad SMARTS) is 1. The zero-order chi connectivity index (χ0) is 15.2. The Balaban J connectivity index is 2.14. The van der Waals surface area contributed by atoms with Gasteiger partial charge in [0, 0.05) is 25.7 Å². The van der Waals surface area contributed by atoms with Gasteiger partial charge in [-0.1, -0.05) is 27.7 Å². The number of carbonyl (C=O) groups is 2. The lowest BCUT2D eigenvalue weighted by Gasteiger charge is -2.42. The Hall–Kier alpha value is -1.10. The SMILES string of the molecule is CC(C)C1CN(C)CCN1C(=O)[C@@H]1[C@H](C(=O)O)C1(C)C. The predicted octanol–water partition coefficient (Wildman–Crippen LogP) is 1.14. The summed E-state index contributed by atoms with van der Waals surface area (Å²) in [7, 11) is 2.07. The van der Waals surface area contributed by atoms with Crippen molar-refractivity contribution in [1.29, 1.82) is 0 Å². The van der Waals surface area contributed by atoms with Crippen LogP contribution < -0.4 is 0 Å². The highest BCUT2D eigenvalue weighted by Gasteiger charge is 2.67. The number of nitrogens with zero attached hydrogens (tertiary/aromatic N) is 2. The number of carboxylic acids is 1. The topological polar surface area (TPSA) is 60.9 Å². The highest BCUT2D eigenvalue weighted by atomic mass is 16.4. The van der Waals surface area contributed by atoms with Gasteiger partial charge >= 0.3 is 5.97 Å². The molecule has 0 radical (unpaired) electrons. The molecule has 1 N–H and O–H groups in total. The van der Waals surface area contributed by atoms with Gasteiger partial charge in [0.25, 0.3) is 0 Å². The summed E-state index contributed by atoms with van der Waals surface area (Å²) in [4.78, 5) is 28.2. The van der Waals surface area contributed by atoms with Crippen molar-refractivity contribution in [2.24, 2.45) is 23.2 Å². The fourth-order valence-corrected chi connectivity index (χ4v) is 3.54. The summed E-state index contributed by atoms with van der Waals surface area (Å²) in [6.07, 6.45) is 0. The maximum absolute atomic E-state index is 12.8. The Morgan fingerprint density at radius 1 is 1.20 bits per heavy atom. The molecule has 114 valence electrons. The summed E-state index contributed by atoms with van der Waals surface area (Å²) >= 11 is 0. The standard InChI is InChI=1S/C15H26N2O3/c1-9(2)10-8-16(5)6-7-17(10)13(18)11-12(14(19)20)15(11,3)4/h9-12H,6-8H2,1-5H3,(H,19,20)/t10?,11-,12+/m0/s1. The Labute approximate surface area is 120 Å². The second-order valence-electron chi connectivity index (χ2n) is 7.22. The summed E-state index contributed by atoms with van der Waals surface area (Å²) in [6.45, 7) is 10.4. The van der Waals surface area contributed by atoms with Gasteiger partial charge in [-0.15, -0.1) is 0 Å². The molecule has 1 aliphatic carbocycles. The summed E-state index contributed by atoms with van der Waals surface area (Å²) in [6, 6.07) is 0.187. The molecular weight excluding hydrogens is 256 g/mol.